The maximum atomic E-state index is 14.9. The number of aryl methyl sites for hydroxylation is 2. The van der Waals surface area contributed by atoms with E-state index in [1.165, 1.54) is 89.9 Å². The first-order chi connectivity index (χ1) is 16.7. The van der Waals surface area contributed by atoms with Gasteiger partial charge in [-0.05, 0) is 67.3 Å². The lowest BCUT2D eigenvalue weighted by atomic mass is 9.77. The molecule has 0 bridgehead atoms. The van der Waals surface area contributed by atoms with Gasteiger partial charge in [-0.25, -0.2) is 4.39 Å². The highest BCUT2D eigenvalue weighted by Crippen LogP contribution is 2.34. The molecule has 34 heavy (non-hydrogen) atoms. The predicted molar refractivity (Wildman–Crippen MR) is 142 cm³/mol. The van der Waals surface area contributed by atoms with Crippen molar-refractivity contribution in [2.75, 3.05) is 0 Å². The Balaban J connectivity index is 1.40. The van der Waals surface area contributed by atoms with Gasteiger partial charge in [-0.3, -0.25) is 0 Å². The molecule has 3 heteroatoms. The summed E-state index contributed by atoms with van der Waals surface area (Å²) in [5.41, 5.74) is 3.31. The van der Waals surface area contributed by atoms with E-state index in [1.807, 2.05) is 18.2 Å². The highest BCUT2D eigenvalue weighted by molar-refractivity contribution is 5.59. The lowest BCUT2D eigenvalue weighted by Crippen LogP contribution is -2.15. The largest absolute Gasteiger partial charge is 0.206 e. The molecule has 0 aliphatic heterocycles. The summed E-state index contributed by atoms with van der Waals surface area (Å²) in [5.74, 6) is 1.60. The second kappa shape index (κ2) is 15.3. The molecular formula is C31H47FN2. The number of nitrogens with zero attached hydrogens (tertiary/aromatic N) is 2. The number of aromatic nitrogens is 2. The SMILES string of the molecule is CCCCCCCC1CCC(CCc2ccc(-c3ccc(CCCCCC)nn3)c(F)c2)CC1. The van der Waals surface area contributed by atoms with E-state index in [4.69, 9.17) is 0 Å². The topological polar surface area (TPSA) is 25.8 Å². The minimum Gasteiger partial charge on any atom is -0.206 e. The fourth-order valence-electron chi connectivity index (χ4n) is 5.51. The highest BCUT2D eigenvalue weighted by atomic mass is 19.1. The smallest absolute Gasteiger partial charge is 0.132 e. The molecule has 1 fully saturated rings. The summed E-state index contributed by atoms with van der Waals surface area (Å²) in [5, 5.41) is 8.65. The van der Waals surface area contributed by atoms with Crippen LogP contribution in [-0.4, -0.2) is 10.2 Å². The molecule has 0 spiro atoms. The van der Waals surface area contributed by atoms with Gasteiger partial charge in [-0.15, -0.1) is 0 Å². The molecule has 1 aromatic carbocycles. The lowest BCUT2D eigenvalue weighted by molar-refractivity contribution is 0.248. The van der Waals surface area contributed by atoms with E-state index < -0.39 is 0 Å². The number of hydrogen-bond acceptors (Lipinski definition) is 2. The summed E-state index contributed by atoms with van der Waals surface area (Å²) < 4.78 is 14.9. The van der Waals surface area contributed by atoms with Crippen molar-refractivity contribution in [1.82, 2.24) is 10.2 Å². The van der Waals surface area contributed by atoms with Crippen LogP contribution < -0.4 is 0 Å². The molecule has 1 aliphatic carbocycles. The van der Waals surface area contributed by atoms with Gasteiger partial charge in [-0.1, -0.05) is 103 Å². The fourth-order valence-corrected chi connectivity index (χ4v) is 5.51. The Morgan fingerprint density at radius 1 is 0.706 bits per heavy atom. The minimum absolute atomic E-state index is 0.172. The van der Waals surface area contributed by atoms with Crippen LogP contribution in [0.3, 0.4) is 0 Å². The van der Waals surface area contributed by atoms with E-state index in [1.54, 1.807) is 6.07 Å². The van der Waals surface area contributed by atoms with E-state index in [-0.39, 0.29) is 5.82 Å². The van der Waals surface area contributed by atoms with Crippen LogP contribution in [0.5, 0.6) is 0 Å². The Bertz CT molecular complexity index is 809. The van der Waals surface area contributed by atoms with Gasteiger partial charge in [0.15, 0.2) is 0 Å². The Hall–Kier alpha value is -1.77. The monoisotopic (exact) mass is 466 g/mol. The fraction of sp³-hybridized carbons (Fsp3) is 0.677. The minimum atomic E-state index is -0.172. The predicted octanol–water partition coefficient (Wildman–Crippen LogP) is 9.50. The van der Waals surface area contributed by atoms with Crippen LogP contribution in [0.25, 0.3) is 11.3 Å². The van der Waals surface area contributed by atoms with Gasteiger partial charge in [0.25, 0.3) is 0 Å². The Kier molecular flexibility index (Phi) is 12.1. The molecule has 0 N–H and O–H groups in total. The standard InChI is InChI=1S/C31H47FN2/c1-3-5-7-9-10-12-25-14-16-26(17-15-25)18-19-27-20-22-29(30(32)24-27)31-23-21-28(33-34-31)13-11-8-6-4-2/h20-26H,3-19H2,1-2H3. The lowest BCUT2D eigenvalue weighted by Gasteiger charge is -2.28. The van der Waals surface area contributed by atoms with Crippen LogP contribution in [0.4, 0.5) is 4.39 Å². The molecule has 0 amide bonds. The molecule has 0 unspecified atom stereocenters. The summed E-state index contributed by atoms with van der Waals surface area (Å²) >= 11 is 0. The third-order valence-corrected chi connectivity index (χ3v) is 7.84. The van der Waals surface area contributed by atoms with Crippen molar-refractivity contribution in [3.63, 3.8) is 0 Å². The van der Waals surface area contributed by atoms with Crippen molar-refractivity contribution in [2.45, 2.75) is 123 Å². The van der Waals surface area contributed by atoms with Crippen molar-refractivity contribution in [2.24, 2.45) is 11.8 Å². The van der Waals surface area contributed by atoms with Crippen molar-refractivity contribution in [3.8, 4) is 11.3 Å². The molecule has 0 atom stereocenters. The maximum Gasteiger partial charge on any atom is 0.132 e. The average molecular weight is 467 g/mol. The van der Waals surface area contributed by atoms with Crippen LogP contribution in [0.15, 0.2) is 30.3 Å². The average Bonchev–Trinajstić information content (AvgIpc) is 2.86. The van der Waals surface area contributed by atoms with E-state index in [9.17, 15) is 4.39 Å². The zero-order valence-corrected chi connectivity index (χ0v) is 21.8. The van der Waals surface area contributed by atoms with Gasteiger partial charge in [0.05, 0.1) is 11.4 Å². The van der Waals surface area contributed by atoms with Gasteiger partial charge in [-0.2, -0.15) is 10.2 Å². The summed E-state index contributed by atoms with van der Waals surface area (Å²) in [7, 11) is 0. The first kappa shape index (κ1) is 26.8. The molecule has 3 rings (SSSR count). The molecular weight excluding hydrogens is 419 g/mol. The van der Waals surface area contributed by atoms with Crippen molar-refractivity contribution in [1.29, 1.82) is 0 Å². The molecule has 2 aromatic rings. The Morgan fingerprint density at radius 2 is 1.38 bits per heavy atom. The third-order valence-electron chi connectivity index (χ3n) is 7.84. The van der Waals surface area contributed by atoms with Crippen LogP contribution in [-0.2, 0) is 12.8 Å². The van der Waals surface area contributed by atoms with Crippen LogP contribution >= 0.6 is 0 Å². The van der Waals surface area contributed by atoms with E-state index >= 15 is 0 Å². The summed E-state index contributed by atoms with van der Waals surface area (Å²) in [6.45, 7) is 4.50. The summed E-state index contributed by atoms with van der Waals surface area (Å²) in [6, 6.07) is 9.62. The normalized spacial score (nSPS) is 18.3. The zero-order chi connectivity index (χ0) is 24.0. The molecule has 188 valence electrons. The zero-order valence-electron chi connectivity index (χ0n) is 21.8. The highest BCUT2D eigenvalue weighted by Gasteiger charge is 2.21. The van der Waals surface area contributed by atoms with Gasteiger partial charge in [0.1, 0.15) is 5.82 Å². The quantitative estimate of drug-likeness (QED) is 0.244. The molecule has 2 nitrogen and oxygen atoms in total. The maximum absolute atomic E-state index is 14.9. The number of hydrogen-bond donors (Lipinski definition) is 0. The third kappa shape index (κ3) is 9.12. The Morgan fingerprint density at radius 3 is 2.03 bits per heavy atom. The number of rotatable bonds is 15. The van der Waals surface area contributed by atoms with E-state index in [2.05, 4.69) is 30.1 Å². The van der Waals surface area contributed by atoms with Crippen LogP contribution in [0, 0.1) is 17.7 Å². The molecule has 1 aromatic heterocycles. The van der Waals surface area contributed by atoms with Gasteiger partial charge < -0.3 is 0 Å². The number of unbranched alkanes of at least 4 members (excludes halogenated alkanes) is 7. The van der Waals surface area contributed by atoms with Crippen LogP contribution in [0.2, 0.25) is 0 Å². The second-order valence-corrected chi connectivity index (χ2v) is 10.7. The molecule has 1 heterocycles. The molecule has 1 aliphatic rings. The van der Waals surface area contributed by atoms with Gasteiger partial charge >= 0.3 is 0 Å². The van der Waals surface area contributed by atoms with E-state index in [0.717, 1.165) is 42.4 Å². The molecule has 1 saturated carbocycles. The van der Waals surface area contributed by atoms with Crippen molar-refractivity contribution < 1.29 is 4.39 Å². The Labute approximate surface area is 208 Å². The van der Waals surface area contributed by atoms with Gasteiger partial charge in [0, 0.05) is 5.56 Å². The first-order valence-corrected chi connectivity index (χ1v) is 14.3. The number of halogens is 1. The summed E-state index contributed by atoms with van der Waals surface area (Å²) in [6.07, 6.45) is 22.0. The first-order valence-electron chi connectivity index (χ1n) is 14.3. The van der Waals surface area contributed by atoms with Crippen LogP contribution in [0.1, 0.15) is 121 Å². The van der Waals surface area contributed by atoms with E-state index in [0.29, 0.717) is 11.3 Å². The summed E-state index contributed by atoms with van der Waals surface area (Å²) in [4.78, 5) is 0. The molecule has 0 radical (unpaired) electrons. The van der Waals surface area contributed by atoms with Gasteiger partial charge in [0.2, 0.25) is 0 Å². The second-order valence-electron chi connectivity index (χ2n) is 10.7. The molecule has 0 saturated heterocycles. The van der Waals surface area contributed by atoms with Crippen molar-refractivity contribution >= 4 is 0 Å². The van der Waals surface area contributed by atoms with Crippen molar-refractivity contribution in [3.05, 3.63) is 47.4 Å². The number of benzene rings is 1.